The molecule has 0 N–H and O–H groups in total. The van der Waals surface area contributed by atoms with Gasteiger partial charge in [0, 0.05) is 12.8 Å². The van der Waals surface area contributed by atoms with Crippen LogP contribution in [-0.2, 0) is 9.47 Å². The quantitative estimate of drug-likeness (QED) is 0.541. The lowest BCUT2D eigenvalue weighted by Crippen LogP contribution is -2.13. The lowest BCUT2D eigenvalue weighted by Gasteiger charge is -2.20. The standard InChI is InChI=1S/C17H22O3/c1-3-13-5-9-15(10-6-13)19-17(18)20-16-11-7-14(4-2)8-12-16/h3-4,9,11,13-14H,1-2,5-8,10,12H2. The summed E-state index contributed by atoms with van der Waals surface area (Å²) in [6.07, 6.45) is 12.5. The summed E-state index contributed by atoms with van der Waals surface area (Å²) >= 11 is 0. The molecule has 0 radical (unpaired) electrons. The largest absolute Gasteiger partial charge is 0.518 e. The summed E-state index contributed by atoms with van der Waals surface area (Å²) in [5.41, 5.74) is 0. The van der Waals surface area contributed by atoms with Crippen molar-refractivity contribution in [1.82, 2.24) is 0 Å². The van der Waals surface area contributed by atoms with E-state index in [0.717, 1.165) is 38.5 Å². The highest BCUT2D eigenvalue weighted by atomic mass is 16.7. The Bertz CT molecular complexity index is 405. The van der Waals surface area contributed by atoms with E-state index in [-0.39, 0.29) is 0 Å². The number of hydrogen-bond donors (Lipinski definition) is 0. The zero-order valence-corrected chi connectivity index (χ0v) is 11.8. The van der Waals surface area contributed by atoms with Crippen molar-refractivity contribution in [2.24, 2.45) is 11.8 Å². The average molecular weight is 274 g/mol. The molecule has 0 fully saturated rings. The zero-order valence-electron chi connectivity index (χ0n) is 11.8. The van der Waals surface area contributed by atoms with Crippen LogP contribution in [0.2, 0.25) is 0 Å². The first-order valence-corrected chi connectivity index (χ1v) is 7.24. The molecule has 0 bridgehead atoms. The number of ether oxygens (including phenoxy) is 2. The van der Waals surface area contributed by atoms with Crippen LogP contribution >= 0.6 is 0 Å². The fraction of sp³-hybridized carbons (Fsp3) is 0.471. The second kappa shape index (κ2) is 7.13. The van der Waals surface area contributed by atoms with Gasteiger partial charge in [0.15, 0.2) is 0 Å². The van der Waals surface area contributed by atoms with Crippen molar-refractivity contribution in [2.45, 2.75) is 38.5 Å². The van der Waals surface area contributed by atoms with Crippen molar-refractivity contribution in [2.75, 3.05) is 0 Å². The molecule has 2 unspecified atom stereocenters. The third-order valence-corrected chi connectivity index (χ3v) is 3.92. The van der Waals surface area contributed by atoms with E-state index in [4.69, 9.17) is 9.47 Å². The molecule has 0 amide bonds. The van der Waals surface area contributed by atoms with Gasteiger partial charge in [0.25, 0.3) is 0 Å². The Morgan fingerprint density at radius 2 is 1.45 bits per heavy atom. The minimum Gasteiger partial charge on any atom is -0.400 e. The lowest BCUT2D eigenvalue weighted by atomic mass is 9.93. The van der Waals surface area contributed by atoms with Crippen LogP contribution in [0.5, 0.6) is 0 Å². The van der Waals surface area contributed by atoms with E-state index in [0.29, 0.717) is 23.4 Å². The molecule has 0 aromatic carbocycles. The Morgan fingerprint density at radius 3 is 1.75 bits per heavy atom. The second-order valence-corrected chi connectivity index (χ2v) is 5.34. The first-order chi connectivity index (χ1) is 9.71. The Morgan fingerprint density at radius 1 is 1.00 bits per heavy atom. The molecule has 3 heteroatoms. The maximum atomic E-state index is 11.7. The predicted octanol–water partition coefficient (Wildman–Crippen LogP) is 4.88. The Balaban J connectivity index is 1.79. The van der Waals surface area contributed by atoms with E-state index in [9.17, 15) is 4.79 Å². The molecular weight excluding hydrogens is 252 g/mol. The van der Waals surface area contributed by atoms with E-state index in [1.807, 2.05) is 24.3 Å². The molecule has 2 rings (SSSR count). The molecule has 0 aliphatic heterocycles. The lowest BCUT2D eigenvalue weighted by molar-refractivity contribution is 0.0931. The summed E-state index contributed by atoms with van der Waals surface area (Å²) in [6.45, 7) is 7.57. The average Bonchev–Trinajstić information content (AvgIpc) is 2.49. The highest BCUT2D eigenvalue weighted by Crippen LogP contribution is 2.27. The Labute approximate surface area is 120 Å². The summed E-state index contributed by atoms with van der Waals surface area (Å²) in [7, 11) is 0. The third-order valence-electron chi connectivity index (χ3n) is 3.92. The molecule has 0 aromatic rings. The summed E-state index contributed by atoms with van der Waals surface area (Å²) in [5, 5.41) is 0. The monoisotopic (exact) mass is 274 g/mol. The molecule has 0 aromatic heterocycles. The summed E-state index contributed by atoms with van der Waals surface area (Å²) in [4.78, 5) is 11.7. The van der Waals surface area contributed by atoms with Crippen molar-refractivity contribution in [1.29, 1.82) is 0 Å². The highest BCUT2D eigenvalue weighted by molar-refractivity contribution is 5.63. The van der Waals surface area contributed by atoms with E-state index >= 15 is 0 Å². The van der Waals surface area contributed by atoms with Crippen molar-refractivity contribution in [3.8, 4) is 0 Å². The van der Waals surface area contributed by atoms with E-state index < -0.39 is 6.16 Å². The van der Waals surface area contributed by atoms with Gasteiger partial charge in [-0.25, -0.2) is 4.79 Å². The van der Waals surface area contributed by atoms with Crippen LogP contribution in [0.1, 0.15) is 38.5 Å². The number of hydrogen-bond acceptors (Lipinski definition) is 3. The summed E-state index contributed by atoms with van der Waals surface area (Å²) in [6, 6.07) is 0. The van der Waals surface area contributed by atoms with Gasteiger partial charge >= 0.3 is 6.16 Å². The molecular formula is C17H22O3. The number of rotatable bonds is 4. The first-order valence-electron chi connectivity index (χ1n) is 7.24. The normalized spacial score (nSPS) is 26.0. The van der Waals surface area contributed by atoms with Crippen LogP contribution in [0.3, 0.4) is 0 Å². The van der Waals surface area contributed by atoms with Crippen molar-refractivity contribution < 1.29 is 14.3 Å². The molecule has 0 saturated carbocycles. The molecule has 0 saturated heterocycles. The van der Waals surface area contributed by atoms with Gasteiger partial charge in [0.2, 0.25) is 0 Å². The van der Waals surface area contributed by atoms with Crippen LogP contribution in [0.25, 0.3) is 0 Å². The van der Waals surface area contributed by atoms with Gasteiger partial charge < -0.3 is 9.47 Å². The predicted molar refractivity (Wildman–Crippen MR) is 78.8 cm³/mol. The fourth-order valence-electron chi connectivity index (χ4n) is 2.51. The van der Waals surface area contributed by atoms with E-state index in [2.05, 4.69) is 13.2 Å². The molecule has 0 heterocycles. The van der Waals surface area contributed by atoms with Crippen molar-refractivity contribution >= 4 is 6.16 Å². The maximum Gasteiger partial charge on any atom is 0.518 e. The zero-order chi connectivity index (χ0) is 14.4. The van der Waals surface area contributed by atoms with Crippen LogP contribution < -0.4 is 0 Å². The molecule has 0 spiro atoms. The van der Waals surface area contributed by atoms with Gasteiger partial charge in [-0.15, -0.1) is 13.2 Å². The first kappa shape index (κ1) is 14.6. The van der Waals surface area contributed by atoms with Gasteiger partial charge in [0.05, 0.1) is 0 Å². The van der Waals surface area contributed by atoms with Crippen LogP contribution in [0.15, 0.2) is 49.0 Å². The summed E-state index contributed by atoms with van der Waals surface area (Å²) in [5.74, 6) is 2.42. The van der Waals surface area contributed by atoms with Crippen LogP contribution in [0, 0.1) is 11.8 Å². The Hall–Kier alpha value is -1.77. The van der Waals surface area contributed by atoms with Gasteiger partial charge in [-0.1, -0.05) is 12.2 Å². The molecule has 2 aliphatic rings. The molecule has 20 heavy (non-hydrogen) atoms. The van der Waals surface area contributed by atoms with Gasteiger partial charge in [-0.2, -0.15) is 0 Å². The van der Waals surface area contributed by atoms with Gasteiger partial charge in [-0.05, 0) is 49.7 Å². The summed E-state index contributed by atoms with van der Waals surface area (Å²) < 4.78 is 10.5. The topological polar surface area (TPSA) is 35.5 Å². The maximum absolute atomic E-state index is 11.7. The van der Waals surface area contributed by atoms with Crippen molar-refractivity contribution in [3.63, 3.8) is 0 Å². The minimum atomic E-state index is -0.614. The number of carbonyl (C=O) groups is 1. The van der Waals surface area contributed by atoms with E-state index in [1.54, 1.807) is 0 Å². The van der Waals surface area contributed by atoms with Crippen LogP contribution in [-0.4, -0.2) is 6.16 Å². The SMILES string of the molecule is C=CC1CC=C(OC(=O)OC2=CCC(C=C)CC2)CC1. The number of allylic oxidation sites excluding steroid dienone is 6. The molecule has 2 atom stereocenters. The fourth-order valence-corrected chi connectivity index (χ4v) is 2.51. The molecule has 108 valence electrons. The van der Waals surface area contributed by atoms with Crippen molar-refractivity contribution in [3.05, 3.63) is 49.0 Å². The van der Waals surface area contributed by atoms with Crippen LogP contribution in [0.4, 0.5) is 4.79 Å². The molecule has 2 aliphatic carbocycles. The second-order valence-electron chi connectivity index (χ2n) is 5.34. The van der Waals surface area contributed by atoms with Gasteiger partial charge in [-0.3, -0.25) is 0 Å². The highest BCUT2D eigenvalue weighted by Gasteiger charge is 2.19. The van der Waals surface area contributed by atoms with Gasteiger partial charge in [0.1, 0.15) is 11.5 Å². The Kier molecular flexibility index (Phi) is 5.22. The number of carbonyl (C=O) groups excluding carboxylic acids is 1. The smallest absolute Gasteiger partial charge is 0.400 e. The third kappa shape index (κ3) is 4.12. The van der Waals surface area contributed by atoms with E-state index in [1.165, 1.54) is 0 Å². The minimum absolute atomic E-state index is 0.496. The molecule has 3 nitrogen and oxygen atoms in total.